The smallest absolute Gasteiger partial charge is 0.243 e. The lowest BCUT2D eigenvalue weighted by Crippen LogP contribution is -2.37. The van der Waals surface area contributed by atoms with Crippen molar-refractivity contribution in [1.82, 2.24) is 5.32 Å². The fourth-order valence-electron chi connectivity index (χ4n) is 1.26. The average molecular weight is 297 g/mol. The fourth-order valence-corrected chi connectivity index (χ4v) is 1.26. The summed E-state index contributed by atoms with van der Waals surface area (Å²) in [7, 11) is 0. The zero-order valence-electron chi connectivity index (χ0n) is 13.0. The molecule has 5 nitrogen and oxygen atoms in total. The molecule has 0 aliphatic carbocycles. The molecule has 0 spiro atoms. The lowest BCUT2D eigenvalue weighted by Gasteiger charge is -2.16. The van der Waals surface area contributed by atoms with E-state index in [-0.39, 0.29) is 12.5 Å². The summed E-state index contributed by atoms with van der Waals surface area (Å²) >= 11 is 0. The Hall–Kier alpha value is -1.43. The Balaban J connectivity index is 3.79. The molecule has 120 valence electrons. The van der Waals surface area contributed by atoms with E-state index >= 15 is 0 Å². The Morgan fingerprint density at radius 1 is 1.19 bits per heavy atom. The Bertz CT molecular complexity index is 378. The number of rotatable bonds is 9. The quantitative estimate of drug-likeness (QED) is 0.291. The summed E-state index contributed by atoms with van der Waals surface area (Å²) in [6.07, 6.45) is 9.96. The van der Waals surface area contributed by atoms with Gasteiger partial charge in [0, 0.05) is 6.54 Å². The van der Waals surface area contributed by atoms with Crippen molar-refractivity contribution in [3.63, 3.8) is 0 Å². The maximum Gasteiger partial charge on any atom is 0.243 e. The Morgan fingerprint density at radius 2 is 1.81 bits per heavy atom. The molecule has 0 aliphatic rings. The zero-order chi connectivity index (χ0) is 16.3. The van der Waals surface area contributed by atoms with Gasteiger partial charge in [-0.3, -0.25) is 4.79 Å². The van der Waals surface area contributed by atoms with Crippen LogP contribution in [0.15, 0.2) is 36.5 Å². The Kier molecular flexibility index (Phi) is 9.62. The highest BCUT2D eigenvalue weighted by Crippen LogP contribution is 1.98. The van der Waals surface area contributed by atoms with Gasteiger partial charge in [-0.25, -0.2) is 0 Å². The van der Waals surface area contributed by atoms with Crippen LogP contribution in [0.25, 0.3) is 0 Å². The van der Waals surface area contributed by atoms with Gasteiger partial charge in [-0.05, 0) is 39.7 Å². The van der Waals surface area contributed by atoms with E-state index in [4.69, 9.17) is 5.11 Å². The van der Waals surface area contributed by atoms with Crippen LogP contribution in [0.5, 0.6) is 0 Å². The zero-order valence-corrected chi connectivity index (χ0v) is 13.0. The molecule has 0 saturated carbocycles. The highest BCUT2D eigenvalue weighted by atomic mass is 16.3. The fraction of sp³-hybridized carbons (Fsp3) is 0.562. The third-order valence-electron chi connectivity index (χ3n) is 2.51. The maximum atomic E-state index is 11.4. The molecule has 0 bridgehead atoms. The van der Waals surface area contributed by atoms with Crippen LogP contribution in [0, 0.1) is 0 Å². The van der Waals surface area contributed by atoms with Crippen LogP contribution in [0.2, 0.25) is 0 Å². The molecule has 0 fully saturated rings. The van der Waals surface area contributed by atoms with Crippen molar-refractivity contribution in [2.24, 2.45) is 0 Å². The predicted molar refractivity (Wildman–Crippen MR) is 83.6 cm³/mol. The van der Waals surface area contributed by atoms with Crippen molar-refractivity contribution >= 4 is 5.91 Å². The van der Waals surface area contributed by atoms with Gasteiger partial charge in [0.1, 0.15) is 0 Å². The summed E-state index contributed by atoms with van der Waals surface area (Å²) in [6.45, 7) is 4.99. The van der Waals surface area contributed by atoms with Crippen LogP contribution < -0.4 is 5.32 Å². The molecule has 0 rings (SSSR count). The minimum absolute atomic E-state index is 0.215. The van der Waals surface area contributed by atoms with Crippen molar-refractivity contribution in [3.8, 4) is 0 Å². The van der Waals surface area contributed by atoms with Crippen molar-refractivity contribution < 1.29 is 20.1 Å². The highest BCUT2D eigenvalue weighted by molar-refractivity contribution is 5.87. The molecule has 0 radical (unpaired) electrons. The second kappa shape index (κ2) is 10.3. The van der Waals surface area contributed by atoms with Gasteiger partial charge in [0.05, 0.1) is 17.8 Å². The molecule has 5 heteroatoms. The van der Waals surface area contributed by atoms with E-state index in [1.165, 1.54) is 19.1 Å². The monoisotopic (exact) mass is 297 g/mol. The molecular formula is C16H27NO4. The minimum Gasteiger partial charge on any atom is -0.390 e. The van der Waals surface area contributed by atoms with Crippen molar-refractivity contribution in [3.05, 3.63) is 36.5 Å². The highest BCUT2D eigenvalue weighted by Gasteiger charge is 2.12. The van der Waals surface area contributed by atoms with Gasteiger partial charge in [-0.1, -0.05) is 30.4 Å². The first-order valence-corrected chi connectivity index (χ1v) is 7.08. The minimum atomic E-state index is -0.908. The van der Waals surface area contributed by atoms with Crippen molar-refractivity contribution in [2.45, 2.75) is 51.4 Å². The summed E-state index contributed by atoms with van der Waals surface area (Å²) in [5.74, 6) is -0.221. The second-order valence-electron chi connectivity index (χ2n) is 5.55. The Morgan fingerprint density at radius 3 is 2.38 bits per heavy atom. The third kappa shape index (κ3) is 13.3. The van der Waals surface area contributed by atoms with E-state index in [2.05, 4.69) is 5.32 Å². The molecule has 0 aromatic rings. The summed E-state index contributed by atoms with van der Waals surface area (Å²) in [4.78, 5) is 11.4. The number of aliphatic hydroxyl groups excluding tert-OH is 2. The first-order valence-electron chi connectivity index (χ1n) is 7.08. The van der Waals surface area contributed by atoms with Crippen LogP contribution in [0.3, 0.4) is 0 Å². The van der Waals surface area contributed by atoms with Crippen LogP contribution in [0.4, 0.5) is 0 Å². The molecule has 1 amide bonds. The van der Waals surface area contributed by atoms with Crippen LogP contribution in [-0.2, 0) is 4.79 Å². The lowest BCUT2D eigenvalue weighted by atomic mass is 10.1. The first kappa shape index (κ1) is 19.6. The molecule has 21 heavy (non-hydrogen) atoms. The molecule has 0 aromatic carbocycles. The van der Waals surface area contributed by atoms with Crippen molar-refractivity contribution in [2.75, 3.05) is 6.54 Å². The number of unbranched alkanes of at least 4 members (excludes halogenated alkanes) is 1. The van der Waals surface area contributed by atoms with Gasteiger partial charge in [-0.2, -0.15) is 0 Å². The molecule has 0 aliphatic heterocycles. The SMILES string of the molecule is C[C@@H](O)[C@H](O)/C=C/C=C\CC/C=C/C(=O)NCC(C)(C)O. The molecule has 0 saturated heterocycles. The molecule has 4 N–H and O–H groups in total. The van der Waals surface area contributed by atoms with E-state index < -0.39 is 17.8 Å². The topological polar surface area (TPSA) is 89.8 Å². The normalized spacial score (nSPS) is 15.9. The molecule has 0 heterocycles. The standard InChI is InChI=1S/C16H27NO4/c1-13(18)14(19)10-8-6-4-5-7-9-11-15(20)17-12-16(2,3)21/h4,6,8-11,13-14,18-19,21H,5,7,12H2,1-3H3,(H,17,20)/b6-4-,10-8+,11-9+/t13-,14-/m1/s1. The van der Waals surface area contributed by atoms with Gasteiger partial charge in [0.25, 0.3) is 0 Å². The van der Waals surface area contributed by atoms with Gasteiger partial charge in [0.2, 0.25) is 5.91 Å². The lowest BCUT2D eigenvalue weighted by molar-refractivity contribution is -0.117. The van der Waals surface area contributed by atoms with Gasteiger partial charge >= 0.3 is 0 Å². The number of aliphatic hydroxyl groups is 3. The molecule has 2 atom stereocenters. The van der Waals surface area contributed by atoms with Crippen LogP contribution in [0.1, 0.15) is 33.6 Å². The average Bonchev–Trinajstić information content (AvgIpc) is 2.38. The van der Waals surface area contributed by atoms with Crippen molar-refractivity contribution in [1.29, 1.82) is 0 Å². The van der Waals surface area contributed by atoms with Gasteiger partial charge in [0.15, 0.2) is 0 Å². The summed E-state index contributed by atoms with van der Waals surface area (Å²) in [5.41, 5.74) is -0.908. The molecule has 0 unspecified atom stereocenters. The van der Waals surface area contributed by atoms with Crippen LogP contribution >= 0.6 is 0 Å². The largest absolute Gasteiger partial charge is 0.390 e. The predicted octanol–water partition coefficient (Wildman–Crippen LogP) is 1.06. The Labute approximate surface area is 126 Å². The number of hydrogen-bond acceptors (Lipinski definition) is 4. The number of nitrogens with one attached hydrogen (secondary N) is 1. The first-order chi connectivity index (χ1) is 9.72. The second-order valence-corrected chi connectivity index (χ2v) is 5.55. The number of hydrogen-bond donors (Lipinski definition) is 4. The van der Waals surface area contributed by atoms with E-state index in [1.54, 1.807) is 32.1 Å². The number of carbonyl (C=O) groups is 1. The van der Waals surface area contributed by atoms with Gasteiger partial charge in [-0.15, -0.1) is 0 Å². The van der Waals surface area contributed by atoms with E-state index in [9.17, 15) is 15.0 Å². The van der Waals surface area contributed by atoms with E-state index in [0.29, 0.717) is 0 Å². The number of allylic oxidation sites excluding steroid dienone is 4. The summed E-state index contributed by atoms with van der Waals surface area (Å²) in [5, 5.41) is 30.4. The molecular weight excluding hydrogens is 270 g/mol. The number of amides is 1. The third-order valence-corrected chi connectivity index (χ3v) is 2.51. The number of carbonyl (C=O) groups excluding carboxylic acids is 1. The van der Waals surface area contributed by atoms with E-state index in [1.807, 2.05) is 6.08 Å². The molecule has 0 aromatic heterocycles. The van der Waals surface area contributed by atoms with Gasteiger partial charge < -0.3 is 20.6 Å². The summed E-state index contributed by atoms with van der Waals surface area (Å²) in [6, 6.07) is 0. The van der Waals surface area contributed by atoms with E-state index in [0.717, 1.165) is 12.8 Å². The maximum absolute atomic E-state index is 11.4. The summed E-state index contributed by atoms with van der Waals surface area (Å²) < 4.78 is 0. The van der Waals surface area contributed by atoms with Crippen LogP contribution in [-0.4, -0.2) is 45.6 Å².